The molecule has 2 rings (SSSR count). The topological polar surface area (TPSA) is 38.3 Å². The molecule has 0 bridgehead atoms. The number of rotatable bonds is 5. The van der Waals surface area contributed by atoms with Crippen molar-refractivity contribution in [3.63, 3.8) is 0 Å². The zero-order valence-corrected chi connectivity index (χ0v) is 11.6. The molecule has 0 atom stereocenters. The molecule has 0 radical (unpaired) electrons. The second kappa shape index (κ2) is 6.78. The molecule has 3 nitrogen and oxygen atoms in total. The molecule has 0 fully saturated rings. The van der Waals surface area contributed by atoms with E-state index in [1.54, 1.807) is 42.5 Å². The highest BCUT2D eigenvalue weighted by molar-refractivity contribution is 6.30. The van der Waals surface area contributed by atoms with Gasteiger partial charge >= 0.3 is 0 Å². The SMILES string of the molecule is C=CCOc1ccccc1NC(=O)c1ccc(Cl)cc1. The third kappa shape index (κ3) is 3.62. The molecule has 102 valence electrons. The summed E-state index contributed by atoms with van der Waals surface area (Å²) in [5.74, 6) is 0.394. The van der Waals surface area contributed by atoms with Crippen LogP contribution in [0.4, 0.5) is 5.69 Å². The van der Waals surface area contributed by atoms with Gasteiger partial charge in [-0.2, -0.15) is 0 Å². The van der Waals surface area contributed by atoms with Gasteiger partial charge in [-0.25, -0.2) is 0 Å². The number of hydrogen-bond donors (Lipinski definition) is 1. The monoisotopic (exact) mass is 287 g/mol. The Labute approximate surface area is 122 Å². The largest absolute Gasteiger partial charge is 0.487 e. The Morgan fingerprint density at radius 1 is 1.20 bits per heavy atom. The van der Waals surface area contributed by atoms with Crippen LogP contribution >= 0.6 is 11.6 Å². The molecule has 0 spiro atoms. The molecule has 0 aliphatic heterocycles. The van der Waals surface area contributed by atoms with Crippen molar-refractivity contribution in [2.45, 2.75) is 0 Å². The van der Waals surface area contributed by atoms with Gasteiger partial charge in [0.1, 0.15) is 12.4 Å². The number of para-hydroxylation sites is 2. The van der Waals surface area contributed by atoms with Gasteiger partial charge < -0.3 is 10.1 Å². The number of carbonyl (C=O) groups excluding carboxylic acids is 1. The molecule has 0 aliphatic rings. The lowest BCUT2D eigenvalue weighted by Crippen LogP contribution is -2.12. The van der Waals surface area contributed by atoms with Gasteiger partial charge in [-0.15, -0.1) is 0 Å². The minimum atomic E-state index is -0.212. The zero-order valence-electron chi connectivity index (χ0n) is 10.8. The van der Waals surface area contributed by atoms with Gasteiger partial charge in [-0.3, -0.25) is 4.79 Å². The molecule has 4 heteroatoms. The summed E-state index contributed by atoms with van der Waals surface area (Å²) in [6.45, 7) is 3.98. The van der Waals surface area contributed by atoms with E-state index in [4.69, 9.17) is 16.3 Å². The Bertz CT molecular complexity index is 608. The fourth-order valence-electron chi connectivity index (χ4n) is 1.64. The van der Waals surface area contributed by atoms with Crippen LogP contribution in [0.1, 0.15) is 10.4 Å². The van der Waals surface area contributed by atoms with Gasteiger partial charge in [0.25, 0.3) is 5.91 Å². The minimum absolute atomic E-state index is 0.212. The quantitative estimate of drug-likeness (QED) is 0.839. The smallest absolute Gasteiger partial charge is 0.255 e. The van der Waals surface area contributed by atoms with Crippen molar-refractivity contribution in [1.29, 1.82) is 0 Å². The van der Waals surface area contributed by atoms with Crippen molar-refractivity contribution >= 4 is 23.2 Å². The molecular formula is C16H14ClNO2. The summed E-state index contributed by atoms with van der Waals surface area (Å²) >= 11 is 5.80. The van der Waals surface area contributed by atoms with Crippen LogP contribution < -0.4 is 10.1 Å². The first-order chi connectivity index (χ1) is 9.70. The molecule has 1 N–H and O–H groups in total. The van der Waals surface area contributed by atoms with E-state index < -0.39 is 0 Å². The maximum absolute atomic E-state index is 12.1. The van der Waals surface area contributed by atoms with Gasteiger partial charge in [0.15, 0.2) is 0 Å². The van der Waals surface area contributed by atoms with Crippen LogP contribution in [0, 0.1) is 0 Å². The lowest BCUT2D eigenvalue weighted by Gasteiger charge is -2.11. The molecule has 2 aromatic rings. The van der Waals surface area contributed by atoms with Gasteiger partial charge in [0.05, 0.1) is 5.69 Å². The summed E-state index contributed by atoms with van der Waals surface area (Å²) in [5, 5.41) is 3.41. The Balaban J connectivity index is 2.15. The molecule has 1 amide bonds. The predicted molar refractivity (Wildman–Crippen MR) is 81.5 cm³/mol. The summed E-state index contributed by atoms with van der Waals surface area (Å²) in [4.78, 5) is 12.1. The van der Waals surface area contributed by atoms with E-state index in [9.17, 15) is 4.79 Å². The van der Waals surface area contributed by atoms with Crippen LogP contribution in [0.5, 0.6) is 5.75 Å². The highest BCUT2D eigenvalue weighted by Gasteiger charge is 2.09. The third-order valence-corrected chi connectivity index (χ3v) is 2.85. The normalized spacial score (nSPS) is 9.85. The average Bonchev–Trinajstić information content (AvgIpc) is 2.47. The minimum Gasteiger partial charge on any atom is -0.487 e. The van der Waals surface area contributed by atoms with Crippen molar-refractivity contribution in [2.24, 2.45) is 0 Å². The first kappa shape index (κ1) is 14.2. The molecular weight excluding hydrogens is 274 g/mol. The van der Waals surface area contributed by atoms with Crippen LogP contribution in [0.3, 0.4) is 0 Å². The first-order valence-corrected chi connectivity index (χ1v) is 6.48. The Morgan fingerprint density at radius 3 is 2.60 bits per heavy atom. The zero-order chi connectivity index (χ0) is 14.4. The van der Waals surface area contributed by atoms with Gasteiger partial charge in [-0.05, 0) is 36.4 Å². The number of amides is 1. The van der Waals surface area contributed by atoms with Crippen LogP contribution in [0.15, 0.2) is 61.2 Å². The molecule has 0 saturated carbocycles. The van der Waals surface area contributed by atoms with Crippen molar-refractivity contribution in [3.05, 3.63) is 71.8 Å². The summed E-state index contributed by atoms with van der Waals surface area (Å²) in [6.07, 6.45) is 1.65. The summed E-state index contributed by atoms with van der Waals surface area (Å²) < 4.78 is 5.49. The predicted octanol–water partition coefficient (Wildman–Crippen LogP) is 4.16. The molecule has 0 aliphatic carbocycles. The lowest BCUT2D eigenvalue weighted by atomic mass is 10.2. The Morgan fingerprint density at radius 2 is 1.90 bits per heavy atom. The van der Waals surface area contributed by atoms with E-state index in [2.05, 4.69) is 11.9 Å². The number of carbonyl (C=O) groups is 1. The van der Waals surface area contributed by atoms with Crippen molar-refractivity contribution in [1.82, 2.24) is 0 Å². The van der Waals surface area contributed by atoms with Crippen molar-refractivity contribution < 1.29 is 9.53 Å². The first-order valence-electron chi connectivity index (χ1n) is 6.10. The van der Waals surface area contributed by atoms with E-state index in [1.807, 2.05) is 12.1 Å². The number of nitrogens with one attached hydrogen (secondary N) is 1. The molecule has 0 saturated heterocycles. The Hall–Kier alpha value is -2.26. The summed E-state index contributed by atoms with van der Waals surface area (Å²) in [6, 6.07) is 13.9. The van der Waals surface area contributed by atoms with E-state index in [0.717, 1.165) is 0 Å². The van der Waals surface area contributed by atoms with Crippen LogP contribution in [0.25, 0.3) is 0 Å². The molecule has 20 heavy (non-hydrogen) atoms. The summed E-state index contributed by atoms with van der Waals surface area (Å²) in [7, 11) is 0. The van der Waals surface area contributed by atoms with E-state index in [1.165, 1.54) is 0 Å². The molecule has 2 aromatic carbocycles. The highest BCUT2D eigenvalue weighted by Crippen LogP contribution is 2.24. The molecule has 0 unspecified atom stereocenters. The van der Waals surface area contributed by atoms with Crippen LogP contribution in [-0.4, -0.2) is 12.5 Å². The standard InChI is InChI=1S/C16H14ClNO2/c1-2-11-20-15-6-4-3-5-14(15)18-16(19)12-7-9-13(17)10-8-12/h2-10H,1,11H2,(H,18,19). The second-order valence-corrected chi connectivity index (χ2v) is 4.49. The van der Waals surface area contributed by atoms with Crippen molar-refractivity contribution in [3.8, 4) is 5.75 Å². The second-order valence-electron chi connectivity index (χ2n) is 4.06. The highest BCUT2D eigenvalue weighted by atomic mass is 35.5. The Kier molecular flexibility index (Phi) is 4.80. The number of anilines is 1. The maximum atomic E-state index is 12.1. The number of ether oxygens (including phenoxy) is 1. The lowest BCUT2D eigenvalue weighted by molar-refractivity contribution is 0.102. The fraction of sp³-hybridized carbons (Fsp3) is 0.0625. The fourth-order valence-corrected chi connectivity index (χ4v) is 1.77. The van der Waals surface area contributed by atoms with E-state index >= 15 is 0 Å². The van der Waals surface area contributed by atoms with Gasteiger partial charge in [0.2, 0.25) is 0 Å². The molecule has 0 aromatic heterocycles. The number of hydrogen-bond acceptors (Lipinski definition) is 2. The van der Waals surface area contributed by atoms with E-state index in [0.29, 0.717) is 28.6 Å². The average molecular weight is 288 g/mol. The van der Waals surface area contributed by atoms with Gasteiger partial charge in [0, 0.05) is 10.6 Å². The number of halogens is 1. The van der Waals surface area contributed by atoms with E-state index in [-0.39, 0.29) is 5.91 Å². The van der Waals surface area contributed by atoms with Crippen LogP contribution in [0.2, 0.25) is 5.02 Å². The third-order valence-electron chi connectivity index (χ3n) is 2.60. The maximum Gasteiger partial charge on any atom is 0.255 e. The number of benzene rings is 2. The van der Waals surface area contributed by atoms with Crippen molar-refractivity contribution in [2.75, 3.05) is 11.9 Å². The summed E-state index contributed by atoms with van der Waals surface area (Å²) in [5.41, 5.74) is 1.15. The van der Waals surface area contributed by atoms with Gasteiger partial charge in [-0.1, -0.05) is 36.4 Å². The molecule has 0 heterocycles. The van der Waals surface area contributed by atoms with Crippen LogP contribution in [-0.2, 0) is 0 Å².